The third-order valence-corrected chi connectivity index (χ3v) is 4.06. The maximum Gasteiger partial charge on any atom is 0.323 e. The van der Waals surface area contributed by atoms with Gasteiger partial charge in [0, 0.05) is 24.7 Å². The van der Waals surface area contributed by atoms with Gasteiger partial charge in [-0.25, -0.2) is 4.79 Å². The SMILES string of the molecule is CCC(C)N(CC(=O)O)C(=O)NCC(C)N(C)C1CC1. The van der Waals surface area contributed by atoms with Crippen LogP contribution < -0.4 is 5.32 Å². The van der Waals surface area contributed by atoms with E-state index in [0.29, 0.717) is 12.6 Å². The molecule has 20 heavy (non-hydrogen) atoms. The Balaban J connectivity index is 2.45. The number of carbonyl (C=O) groups is 2. The summed E-state index contributed by atoms with van der Waals surface area (Å²) in [5.41, 5.74) is 0. The zero-order chi connectivity index (χ0) is 15.3. The lowest BCUT2D eigenvalue weighted by atomic mass is 10.2. The van der Waals surface area contributed by atoms with Gasteiger partial charge in [0.1, 0.15) is 6.54 Å². The molecule has 2 unspecified atom stereocenters. The number of likely N-dealkylation sites (N-methyl/N-ethyl adjacent to an activating group) is 1. The lowest BCUT2D eigenvalue weighted by Crippen LogP contribution is -2.50. The van der Waals surface area contributed by atoms with Gasteiger partial charge in [-0.05, 0) is 40.2 Å². The molecule has 1 saturated carbocycles. The van der Waals surface area contributed by atoms with Gasteiger partial charge in [0.05, 0.1) is 0 Å². The number of amides is 2. The molecule has 0 radical (unpaired) electrons. The second-order valence-corrected chi connectivity index (χ2v) is 5.71. The smallest absolute Gasteiger partial charge is 0.323 e. The van der Waals surface area contributed by atoms with Gasteiger partial charge >= 0.3 is 12.0 Å². The first-order valence-corrected chi connectivity index (χ1v) is 7.35. The highest BCUT2D eigenvalue weighted by Crippen LogP contribution is 2.26. The molecular weight excluding hydrogens is 258 g/mol. The number of rotatable bonds is 8. The molecule has 2 atom stereocenters. The van der Waals surface area contributed by atoms with Crippen LogP contribution in [0.25, 0.3) is 0 Å². The Morgan fingerprint density at radius 1 is 1.30 bits per heavy atom. The van der Waals surface area contributed by atoms with Crippen molar-refractivity contribution in [3.05, 3.63) is 0 Å². The molecule has 1 rings (SSSR count). The number of hydrogen-bond donors (Lipinski definition) is 2. The van der Waals surface area contributed by atoms with Crippen LogP contribution in [0.3, 0.4) is 0 Å². The Kier molecular flexibility index (Phi) is 6.26. The number of carboxylic acid groups (broad SMARTS) is 1. The van der Waals surface area contributed by atoms with Crippen molar-refractivity contribution in [3.63, 3.8) is 0 Å². The lowest BCUT2D eigenvalue weighted by Gasteiger charge is -2.29. The summed E-state index contributed by atoms with van der Waals surface area (Å²) in [5, 5.41) is 11.7. The maximum absolute atomic E-state index is 12.1. The summed E-state index contributed by atoms with van der Waals surface area (Å²) >= 11 is 0. The van der Waals surface area contributed by atoms with Gasteiger partial charge in [0.15, 0.2) is 0 Å². The predicted molar refractivity (Wildman–Crippen MR) is 77.7 cm³/mol. The van der Waals surface area contributed by atoms with Crippen molar-refractivity contribution >= 4 is 12.0 Å². The first-order chi connectivity index (χ1) is 9.36. The maximum atomic E-state index is 12.1. The fraction of sp³-hybridized carbons (Fsp3) is 0.857. The molecule has 116 valence electrons. The van der Waals surface area contributed by atoms with Crippen LogP contribution in [0.1, 0.15) is 40.0 Å². The van der Waals surface area contributed by atoms with Crippen molar-refractivity contribution in [3.8, 4) is 0 Å². The summed E-state index contributed by atoms with van der Waals surface area (Å²) in [4.78, 5) is 26.6. The van der Waals surface area contributed by atoms with Crippen LogP contribution in [0, 0.1) is 0 Å². The molecule has 0 bridgehead atoms. The highest BCUT2D eigenvalue weighted by Gasteiger charge is 2.29. The molecule has 1 aliphatic rings. The quantitative estimate of drug-likeness (QED) is 0.706. The molecule has 0 aliphatic heterocycles. The second kappa shape index (κ2) is 7.47. The largest absolute Gasteiger partial charge is 0.480 e. The van der Waals surface area contributed by atoms with E-state index in [1.807, 2.05) is 13.8 Å². The molecule has 2 amide bonds. The monoisotopic (exact) mass is 285 g/mol. The van der Waals surface area contributed by atoms with Gasteiger partial charge in [-0.15, -0.1) is 0 Å². The number of hydrogen-bond acceptors (Lipinski definition) is 3. The first-order valence-electron chi connectivity index (χ1n) is 7.35. The fourth-order valence-corrected chi connectivity index (χ4v) is 2.12. The summed E-state index contributed by atoms with van der Waals surface area (Å²) in [5.74, 6) is -0.983. The van der Waals surface area contributed by atoms with E-state index in [4.69, 9.17) is 5.11 Å². The molecule has 1 fully saturated rings. The summed E-state index contributed by atoms with van der Waals surface area (Å²) < 4.78 is 0. The van der Waals surface area contributed by atoms with Crippen molar-refractivity contribution in [2.75, 3.05) is 20.1 Å². The lowest BCUT2D eigenvalue weighted by molar-refractivity contribution is -0.138. The average Bonchev–Trinajstić information content (AvgIpc) is 3.24. The first kappa shape index (κ1) is 16.8. The molecule has 0 aromatic heterocycles. The summed E-state index contributed by atoms with van der Waals surface area (Å²) in [6.07, 6.45) is 3.19. The van der Waals surface area contributed by atoms with Crippen LogP contribution in [0.4, 0.5) is 4.79 Å². The van der Waals surface area contributed by atoms with Gasteiger partial charge in [0.2, 0.25) is 0 Å². The minimum absolute atomic E-state index is 0.0810. The van der Waals surface area contributed by atoms with Crippen LogP contribution in [0.5, 0.6) is 0 Å². The molecule has 6 heteroatoms. The molecule has 0 spiro atoms. The number of carboxylic acids is 1. The van der Waals surface area contributed by atoms with Crippen LogP contribution in [-0.2, 0) is 4.79 Å². The fourth-order valence-electron chi connectivity index (χ4n) is 2.12. The van der Waals surface area contributed by atoms with Crippen LogP contribution in [0.15, 0.2) is 0 Å². The van der Waals surface area contributed by atoms with E-state index < -0.39 is 5.97 Å². The van der Waals surface area contributed by atoms with E-state index in [2.05, 4.69) is 24.2 Å². The predicted octanol–water partition coefficient (Wildman–Crippen LogP) is 1.36. The molecule has 6 nitrogen and oxygen atoms in total. The Morgan fingerprint density at radius 3 is 2.35 bits per heavy atom. The Hall–Kier alpha value is -1.30. The van der Waals surface area contributed by atoms with Crippen molar-refractivity contribution in [1.29, 1.82) is 0 Å². The Morgan fingerprint density at radius 2 is 1.90 bits per heavy atom. The Labute approximate surface area is 121 Å². The van der Waals surface area contributed by atoms with Gasteiger partial charge in [-0.3, -0.25) is 9.69 Å². The van der Waals surface area contributed by atoms with Crippen LogP contribution >= 0.6 is 0 Å². The highest BCUT2D eigenvalue weighted by atomic mass is 16.4. The summed E-state index contributed by atoms with van der Waals surface area (Å²) in [7, 11) is 2.07. The molecule has 0 aromatic carbocycles. The van der Waals surface area contributed by atoms with E-state index in [0.717, 1.165) is 6.42 Å². The van der Waals surface area contributed by atoms with Crippen LogP contribution in [0.2, 0.25) is 0 Å². The zero-order valence-corrected chi connectivity index (χ0v) is 12.9. The van der Waals surface area contributed by atoms with Crippen molar-refractivity contribution in [2.45, 2.75) is 58.2 Å². The van der Waals surface area contributed by atoms with E-state index in [9.17, 15) is 9.59 Å². The van der Waals surface area contributed by atoms with E-state index in [1.54, 1.807) is 0 Å². The normalized spacial score (nSPS) is 17.6. The molecule has 2 N–H and O–H groups in total. The number of nitrogens with one attached hydrogen (secondary N) is 1. The van der Waals surface area contributed by atoms with E-state index in [1.165, 1.54) is 17.7 Å². The van der Waals surface area contributed by atoms with Gasteiger partial charge in [-0.2, -0.15) is 0 Å². The number of urea groups is 1. The van der Waals surface area contributed by atoms with E-state index >= 15 is 0 Å². The minimum Gasteiger partial charge on any atom is -0.480 e. The summed E-state index contributed by atoms with van der Waals surface area (Å²) in [6.45, 7) is 6.16. The number of carbonyl (C=O) groups excluding carboxylic acids is 1. The summed E-state index contributed by atoms with van der Waals surface area (Å²) in [6, 6.07) is 0.530. The topological polar surface area (TPSA) is 72.9 Å². The van der Waals surface area contributed by atoms with Crippen LogP contribution in [-0.4, -0.2) is 65.2 Å². The van der Waals surface area contributed by atoms with Gasteiger partial charge < -0.3 is 15.3 Å². The van der Waals surface area contributed by atoms with Gasteiger partial charge in [-0.1, -0.05) is 6.92 Å². The molecule has 0 saturated heterocycles. The van der Waals surface area contributed by atoms with Crippen molar-refractivity contribution < 1.29 is 14.7 Å². The number of aliphatic carboxylic acids is 1. The molecule has 1 aliphatic carbocycles. The van der Waals surface area contributed by atoms with Crippen molar-refractivity contribution in [2.24, 2.45) is 0 Å². The van der Waals surface area contributed by atoms with Crippen molar-refractivity contribution in [1.82, 2.24) is 15.1 Å². The third kappa shape index (κ3) is 5.00. The molecular formula is C14H27N3O3. The zero-order valence-electron chi connectivity index (χ0n) is 12.9. The highest BCUT2D eigenvalue weighted by molar-refractivity contribution is 5.80. The van der Waals surface area contributed by atoms with Gasteiger partial charge in [0.25, 0.3) is 0 Å². The minimum atomic E-state index is -0.983. The third-order valence-electron chi connectivity index (χ3n) is 4.06. The second-order valence-electron chi connectivity index (χ2n) is 5.71. The van der Waals surface area contributed by atoms with E-state index in [-0.39, 0.29) is 24.7 Å². The molecule has 0 aromatic rings. The molecule has 0 heterocycles. The average molecular weight is 285 g/mol. The number of nitrogens with zero attached hydrogens (tertiary/aromatic N) is 2. The standard InChI is InChI=1S/C14H27N3O3/c1-5-10(2)17(9-13(18)19)14(20)15-8-11(3)16(4)12-6-7-12/h10-12H,5-9H2,1-4H3,(H,15,20)(H,18,19). The Bertz CT molecular complexity index is 345.